The van der Waals surface area contributed by atoms with Crippen molar-refractivity contribution in [2.24, 2.45) is 0 Å². The van der Waals surface area contributed by atoms with Crippen molar-refractivity contribution in [3.8, 4) is 23.2 Å². The number of carbonyl (C=O) groups is 1. The van der Waals surface area contributed by atoms with Gasteiger partial charge >= 0.3 is 0 Å². The number of ether oxygens (including phenoxy) is 1. The van der Waals surface area contributed by atoms with Crippen LogP contribution in [-0.2, 0) is 4.79 Å². The van der Waals surface area contributed by atoms with Crippen LogP contribution < -0.4 is 15.5 Å². The van der Waals surface area contributed by atoms with Gasteiger partial charge in [-0.1, -0.05) is 47.1 Å². The lowest BCUT2D eigenvalue weighted by molar-refractivity contribution is -0.116. The van der Waals surface area contributed by atoms with Gasteiger partial charge < -0.3 is 15.5 Å². The van der Waals surface area contributed by atoms with Crippen molar-refractivity contribution in [2.45, 2.75) is 11.6 Å². The molecule has 1 aromatic heterocycles. The third-order valence-corrected chi connectivity index (χ3v) is 5.76. The number of halogens is 2. The quantitative estimate of drug-likeness (QED) is 0.386. The molecule has 0 aliphatic carbocycles. The smallest absolute Gasteiger partial charge is 0.237 e. The number of nitrogen functional groups attached to an aromatic ring is 1. The highest BCUT2D eigenvalue weighted by molar-refractivity contribution is 7.99. The number of hydrogen-bond acceptors (Lipinski definition) is 7. The molecule has 0 atom stereocenters. The molecule has 0 fully saturated rings. The first-order valence-electron chi connectivity index (χ1n) is 9.05. The summed E-state index contributed by atoms with van der Waals surface area (Å²) < 4.78 is 6.63. The molecule has 11 heteroatoms. The highest BCUT2D eigenvalue weighted by Crippen LogP contribution is 2.31. The molecule has 2 N–H and O–H groups in total. The summed E-state index contributed by atoms with van der Waals surface area (Å²) in [6.45, 7) is 0.233. The summed E-state index contributed by atoms with van der Waals surface area (Å²) in [6, 6.07) is 14.2. The van der Waals surface area contributed by atoms with E-state index in [1.807, 2.05) is 6.07 Å². The van der Waals surface area contributed by atoms with Gasteiger partial charge in [-0.15, -0.1) is 10.2 Å². The molecule has 0 saturated carbocycles. The van der Waals surface area contributed by atoms with Crippen LogP contribution in [0, 0.1) is 11.3 Å². The number of aromatic nitrogens is 3. The van der Waals surface area contributed by atoms with Crippen LogP contribution in [0.1, 0.15) is 6.42 Å². The summed E-state index contributed by atoms with van der Waals surface area (Å²) in [7, 11) is 1.53. The van der Waals surface area contributed by atoms with E-state index in [4.69, 9.17) is 39.0 Å². The average molecular weight is 477 g/mol. The molecule has 0 saturated heterocycles. The van der Waals surface area contributed by atoms with E-state index in [0.717, 1.165) is 11.8 Å². The van der Waals surface area contributed by atoms with E-state index >= 15 is 0 Å². The number of methoxy groups -OCH3 is 1. The van der Waals surface area contributed by atoms with Gasteiger partial charge in [0.05, 0.1) is 36.1 Å². The summed E-state index contributed by atoms with van der Waals surface area (Å²) in [5.41, 5.74) is 1.16. The molecule has 8 nitrogen and oxygen atoms in total. The Morgan fingerprint density at radius 1 is 1.29 bits per heavy atom. The Hall–Kier alpha value is -2.93. The maximum Gasteiger partial charge on any atom is 0.237 e. The number of nitriles is 1. The fourth-order valence-corrected chi connectivity index (χ4v) is 4.05. The largest absolute Gasteiger partial charge is 0.495 e. The molecular formula is C20H18Cl2N6O2S. The van der Waals surface area contributed by atoms with Crippen molar-refractivity contribution in [2.75, 3.05) is 30.1 Å². The highest BCUT2D eigenvalue weighted by Gasteiger charge is 2.21. The van der Waals surface area contributed by atoms with E-state index in [2.05, 4.69) is 16.3 Å². The molecule has 0 bridgehead atoms. The van der Waals surface area contributed by atoms with Crippen LogP contribution in [0.5, 0.6) is 5.75 Å². The van der Waals surface area contributed by atoms with Crippen LogP contribution in [-0.4, -0.2) is 40.2 Å². The molecule has 31 heavy (non-hydrogen) atoms. The minimum atomic E-state index is -0.223. The number of amides is 1. The molecule has 1 heterocycles. The molecule has 2 aromatic carbocycles. The summed E-state index contributed by atoms with van der Waals surface area (Å²) in [5.74, 6) is 6.84. The van der Waals surface area contributed by atoms with Crippen molar-refractivity contribution in [3.05, 3.63) is 52.5 Å². The molecule has 0 unspecified atom stereocenters. The van der Waals surface area contributed by atoms with Crippen LogP contribution >= 0.6 is 35.0 Å². The number of anilines is 1. The summed E-state index contributed by atoms with van der Waals surface area (Å²) in [4.78, 5) is 14.5. The van der Waals surface area contributed by atoms with Gasteiger partial charge in [0.1, 0.15) is 5.75 Å². The van der Waals surface area contributed by atoms with Crippen molar-refractivity contribution >= 4 is 46.6 Å². The number of carbonyl (C=O) groups excluding carboxylic acids is 1. The Labute approximate surface area is 193 Å². The van der Waals surface area contributed by atoms with Crippen LogP contribution in [0.25, 0.3) is 11.4 Å². The van der Waals surface area contributed by atoms with Gasteiger partial charge in [0.2, 0.25) is 11.1 Å². The first kappa shape index (κ1) is 22.7. The van der Waals surface area contributed by atoms with Gasteiger partial charge in [-0.3, -0.25) is 4.79 Å². The Morgan fingerprint density at radius 3 is 2.77 bits per heavy atom. The number of hydrogen-bond donors (Lipinski definition) is 1. The minimum absolute atomic E-state index is 0.0349. The lowest BCUT2D eigenvalue weighted by Crippen LogP contribution is -2.33. The van der Waals surface area contributed by atoms with E-state index in [1.165, 1.54) is 16.7 Å². The fourth-order valence-electron chi connectivity index (χ4n) is 2.83. The number of para-hydroxylation sites is 2. The second-order valence-corrected chi connectivity index (χ2v) is 8.00. The normalized spacial score (nSPS) is 10.5. The maximum atomic E-state index is 13.0. The molecule has 0 aliphatic heterocycles. The van der Waals surface area contributed by atoms with E-state index in [1.54, 1.807) is 36.4 Å². The van der Waals surface area contributed by atoms with Crippen LogP contribution in [0.2, 0.25) is 10.0 Å². The van der Waals surface area contributed by atoms with Crippen molar-refractivity contribution < 1.29 is 9.53 Å². The molecule has 0 spiro atoms. The summed E-state index contributed by atoms with van der Waals surface area (Å²) in [6.07, 6.45) is 0.181. The van der Waals surface area contributed by atoms with Crippen molar-refractivity contribution in [1.29, 1.82) is 5.26 Å². The van der Waals surface area contributed by atoms with Crippen LogP contribution in [0.3, 0.4) is 0 Å². The molecule has 3 rings (SSSR count). The molecule has 3 aromatic rings. The van der Waals surface area contributed by atoms with E-state index < -0.39 is 0 Å². The van der Waals surface area contributed by atoms with Gasteiger partial charge in [-0.05, 0) is 30.3 Å². The molecule has 0 aliphatic rings. The Balaban J connectivity index is 1.78. The monoisotopic (exact) mass is 476 g/mol. The minimum Gasteiger partial charge on any atom is -0.495 e. The number of thioether (sulfide) groups is 1. The third kappa shape index (κ3) is 5.22. The number of benzene rings is 2. The molecular weight excluding hydrogens is 459 g/mol. The Morgan fingerprint density at radius 2 is 2.06 bits per heavy atom. The maximum absolute atomic E-state index is 13.0. The first-order chi connectivity index (χ1) is 15.0. The van der Waals surface area contributed by atoms with Gasteiger partial charge in [0.15, 0.2) is 5.82 Å². The second-order valence-electron chi connectivity index (χ2n) is 6.21. The number of nitrogens with two attached hydrogens (primary N) is 1. The number of nitrogens with zero attached hydrogens (tertiary/aromatic N) is 5. The topological polar surface area (TPSA) is 110 Å². The molecule has 0 radical (unpaired) electrons. The predicted molar refractivity (Wildman–Crippen MR) is 122 cm³/mol. The zero-order valence-electron chi connectivity index (χ0n) is 16.5. The first-order valence-corrected chi connectivity index (χ1v) is 10.8. The SMILES string of the molecule is COc1ccccc1N(CCC#N)C(=O)CSc1nnc(-c2ccc(Cl)cc2Cl)n1N. The van der Waals surface area contributed by atoms with Gasteiger partial charge in [0.25, 0.3) is 0 Å². The van der Waals surface area contributed by atoms with Gasteiger partial charge in [-0.25, -0.2) is 4.68 Å². The highest BCUT2D eigenvalue weighted by atomic mass is 35.5. The molecule has 160 valence electrons. The number of rotatable bonds is 8. The van der Waals surface area contributed by atoms with Crippen molar-refractivity contribution in [3.63, 3.8) is 0 Å². The van der Waals surface area contributed by atoms with E-state index in [0.29, 0.717) is 38.0 Å². The average Bonchev–Trinajstić information content (AvgIpc) is 3.13. The van der Waals surface area contributed by atoms with Gasteiger partial charge in [-0.2, -0.15) is 5.26 Å². The summed E-state index contributed by atoms with van der Waals surface area (Å²) in [5, 5.41) is 18.4. The van der Waals surface area contributed by atoms with Crippen LogP contribution in [0.15, 0.2) is 47.6 Å². The Kier molecular flexibility index (Phi) is 7.63. The lowest BCUT2D eigenvalue weighted by Gasteiger charge is -2.23. The van der Waals surface area contributed by atoms with Gasteiger partial charge in [0, 0.05) is 17.1 Å². The van der Waals surface area contributed by atoms with Crippen LogP contribution in [0.4, 0.5) is 5.69 Å². The fraction of sp³-hybridized carbons (Fsp3) is 0.200. The second kappa shape index (κ2) is 10.4. The van der Waals surface area contributed by atoms with Crippen molar-refractivity contribution in [1.82, 2.24) is 14.9 Å². The predicted octanol–water partition coefficient (Wildman–Crippen LogP) is 4.01. The zero-order chi connectivity index (χ0) is 22.4. The summed E-state index contributed by atoms with van der Waals surface area (Å²) >= 11 is 13.3. The van der Waals surface area contributed by atoms with E-state index in [9.17, 15) is 4.79 Å². The van der Waals surface area contributed by atoms with E-state index in [-0.39, 0.29) is 24.6 Å². The Bertz CT molecular complexity index is 1130. The standard InChI is InChI=1S/C20H18Cl2N6O2S/c1-30-17-6-3-2-5-16(17)27(10-4-9-23)18(29)12-31-20-26-25-19(28(20)24)14-8-7-13(21)11-15(14)22/h2-3,5-8,11H,4,10,12,24H2,1H3. The lowest BCUT2D eigenvalue weighted by atomic mass is 10.2. The molecule has 1 amide bonds. The third-order valence-electron chi connectivity index (χ3n) is 4.29. The zero-order valence-corrected chi connectivity index (χ0v) is 18.8.